The zero-order valence-electron chi connectivity index (χ0n) is 12.9. The number of likely N-dealkylation sites (tertiary alicyclic amines) is 1. The summed E-state index contributed by atoms with van der Waals surface area (Å²) in [5, 5.41) is 12.4. The normalized spacial score (nSPS) is 28.1. The summed E-state index contributed by atoms with van der Waals surface area (Å²) < 4.78 is 0. The summed E-state index contributed by atoms with van der Waals surface area (Å²) in [6.07, 6.45) is 10.2. The Morgan fingerprint density at radius 2 is 1.43 bits per heavy atom. The zero-order chi connectivity index (χ0) is 15.1. The fourth-order valence-corrected chi connectivity index (χ4v) is 3.48. The molecule has 1 saturated carbocycles. The van der Waals surface area contributed by atoms with Crippen LogP contribution in [0.4, 0.5) is 4.79 Å². The van der Waals surface area contributed by atoms with E-state index in [1.165, 1.54) is 19.3 Å². The van der Waals surface area contributed by atoms with Crippen LogP contribution in [0.1, 0.15) is 64.2 Å². The number of carboxylic acids is 1. The standard InChI is InChI=1S/C16H28N2O3/c19-15(20)13-9-5-4-6-10-14(13)17-16(21)18-11-7-2-1-3-8-12-18/h13-14H,1-12H2,(H,17,21)(H,19,20). The van der Waals surface area contributed by atoms with Gasteiger partial charge in [0.05, 0.1) is 5.92 Å². The molecule has 2 fully saturated rings. The molecule has 0 radical (unpaired) electrons. The molecular weight excluding hydrogens is 268 g/mol. The van der Waals surface area contributed by atoms with E-state index < -0.39 is 11.9 Å². The van der Waals surface area contributed by atoms with Crippen molar-refractivity contribution >= 4 is 12.0 Å². The van der Waals surface area contributed by atoms with E-state index in [4.69, 9.17) is 0 Å². The molecule has 1 aliphatic heterocycles. The molecule has 2 amide bonds. The third-order valence-corrected chi connectivity index (χ3v) is 4.79. The summed E-state index contributed by atoms with van der Waals surface area (Å²) in [6.45, 7) is 1.60. The predicted molar refractivity (Wildman–Crippen MR) is 81.2 cm³/mol. The van der Waals surface area contributed by atoms with E-state index in [-0.39, 0.29) is 12.1 Å². The first-order valence-corrected chi connectivity index (χ1v) is 8.47. The van der Waals surface area contributed by atoms with Gasteiger partial charge in [0.1, 0.15) is 0 Å². The van der Waals surface area contributed by atoms with Gasteiger partial charge in [-0.25, -0.2) is 4.79 Å². The molecule has 1 aliphatic carbocycles. The summed E-state index contributed by atoms with van der Waals surface area (Å²) in [7, 11) is 0. The molecule has 2 rings (SSSR count). The van der Waals surface area contributed by atoms with E-state index in [0.717, 1.165) is 51.6 Å². The molecule has 2 N–H and O–H groups in total. The summed E-state index contributed by atoms with van der Waals surface area (Å²) in [5.41, 5.74) is 0. The Kier molecular flexibility index (Phi) is 6.33. The molecule has 1 saturated heterocycles. The van der Waals surface area contributed by atoms with Crippen LogP contribution in [0.25, 0.3) is 0 Å². The highest BCUT2D eigenvalue weighted by Crippen LogP contribution is 2.24. The minimum absolute atomic E-state index is 0.0601. The second-order valence-corrected chi connectivity index (χ2v) is 6.39. The van der Waals surface area contributed by atoms with E-state index in [9.17, 15) is 14.7 Å². The number of urea groups is 1. The van der Waals surface area contributed by atoms with Crippen molar-refractivity contribution < 1.29 is 14.7 Å². The van der Waals surface area contributed by atoms with Crippen LogP contribution in [-0.2, 0) is 4.79 Å². The average Bonchev–Trinajstić information content (AvgIpc) is 2.63. The molecule has 2 aliphatic rings. The Labute approximate surface area is 127 Å². The molecule has 0 bridgehead atoms. The van der Waals surface area contributed by atoms with Gasteiger partial charge in [0.25, 0.3) is 0 Å². The second-order valence-electron chi connectivity index (χ2n) is 6.39. The average molecular weight is 296 g/mol. The number of aliphatic carboxylic acids is 1. The smallest absolute Gasteiger partial charge is 0.317 e. The van der Waals surface area contributed by atoms with Gasteiger partial charge in [0.2, 0.25) is 0 Å². The molecule has 0 aromatic rings. The van der Waals surface area contributed by atoms with Crippen molar-refractivity contribution in [2.24, 2.45) is 5.92 Å². The first-order chi connectivity index (χ1) is 10.2. The van der Waals surface area contributed by atoms with Crippen molar-refractivity contribution in [1.82, 2.24) is 10.2 Å². The van der Waals surface area contributed by atoms with E-state index >= 15 is 0 Å². The number of nitrogens with one attached hydrogen (secondary N) is 1. The first-order valence-electron chi connectivity index (χ1n) is 8.47. The molecule has 2 unspecified atom stereocenters. The Morgan fingerprint density at radius 1 is 0.857 bits per heavy atom. The summed E-state index contributed by atoms with van der Waals surface area (Å²) in [5.74, 6) is -1.19. The lowest BCUT2D eigenvalue weighted by atomic mass is 9.95. The lowest BCUT2D eigenvalue weighted by Crippen LogP contribution is -2.49. The molecule has 21 heavy (non-hydrogen) atoms. The van der Waals surface area contributed by atoms with Crippen molar-refractivity contribution in [3.8, 4) is 0 Å². The van der Waals surface area contributed by atoms with Crippen LogP contribution in [0.3, 0.4) is 0 Å². The number of hydrogen-bond donors (Lipinski definition) is 2. The Morgan fingerprint density at radius 3 is 2.10 bits per heavy atom. The molecular formula is C16H28N2O3. The van der Waals surface area contributed by atoms with Crippen LogP contribution >= 0.6 is 0 Å². The number of carboxylic acid groups (broad SMARTS) is 1. The van der Waals surface area contributed by atoms with Gasteiger partial charge in [-0.05, 0) is 25.7 Å². The van der Waals surface area contributed by atoms with Crippen LogP contribution in [0.15, 0.2) is 0 Å². The largest absolute Gasteiger partial charge is 0.481 e. The number of hydrogen-bond acceptors (Lipinski definition) is 2. The monoisotopic (exact) mass is 296 g/mol. The number of carbonyl (C=O) groups excluding carboxylic acids is 1. The zero-order valence-corrected chi connectivity index (χ0v) is 12.9. The van der Waals surface area contributed by atoms with Crippen LogP contribution in [0.2, 0.25) is 0 Å². The van der Waals surface area contributed by atoms with E-state index in [1.54, 1.807) is 0 Å². The van der Waals surface area contributed by atoms with Gasteiger partial charge in [-0.15, -0.1) is 0 Å². The summed E-state index contributed by atoms with van der Waals surface area (Å²) >= 11 is 0. The van der Waals surface area contributed by atoms with Gasteiger partial charge in [-0.3, -0.25) is 4.79 Å². The molecule has 1 heterocycles. The van der Waals surface area contributed by atoms with Gasteiger partial charge in [0.15, 0.2) is 0 Å². The Balaban J connectivity index is 1.93. The maximum atomic E-state index is 12.4. The van der Waals surface area contributed by atoms with Gasteiger partial charge in [-0.2, -0.15) is 0 Å². The topological polar surface area (TPSA) is 69.6 Å². The third-order valence-electron chi connectivity index (χ3n) is 4.79. The first kappa shape index (κ1) is 16.1. The van der Waals surface area contributed by atoms with Gasteiger partial charge in [-0.1, -0.05) is 38.5 Å². The molecule has 5 nitrogen and oxygen atoms in total. The van der Waals surface area contributed by atoms with Crippen molar-refractivity contribution in [3.63, 3.8) is 0 Å². The minimum atomic E-state index is -0.769. The maximum absolute atomic E-state index is 12.4. The molecule has 0 aromatic heterocycles. The van der Waals surface area contributed by atoms with E-state index in [0.29, 0.717) is 6.42 Å². The SMILES string of the molecule is O=C(O)C1CCCCCC1NC(=O)N1CCCCCCC1. The highest BCUT2D eigenvalue weighted by Gasteiger charge is 2.31. The fraction of sp³-hybridized carbons (Fsp3) is 0.875. The highest BCUT2D eigenvalue weighted by molar-refractivity contribution is 5.77. The number of nitrogens with zero attached hydrogens (tertiary/aromatic N) is 1. The second kappa shape index (κ2) is 8.25. The van der Waals surface area contributed by atoms with Crippen molar-refractivity contribution in [2.75, 3.05) is 13.1 Å². The lowest BCUT2D eigenvalue weighted by Gasteiger charge is -2.29. The maximum Gasteiger partial charge on any atom is 0.317 e. The van der Waals surface area contributed by atoms with Crippen LogP contribution in [0.5, 0.6) is 0 Å². The predicted octanol–water partition coefficient (Wildman–Crippen LogP) is 3.00. The number of rotatable bonds is 2. The summed E-state index contributed by atoms with van der Waals surface area (Å²) in [6, 6.07) is -0.266. The van der Waals surface area contributed by atoms with Crippen LogP contribution in [0, 0.1) is 5.92 Å². The molecule has 2 atom stereocenters. The van der Waals surface area contributed by atoms with Crippen molar-refractivity contribution in [2.45, 2.75) is 70.3 Å². The fourth-order valence-electron chi connectivity index (χ4n) is 3.48. The minimum Gasteiger partial charge on any atom is -0.481 e. The molecule has 120 valence electrons. The van der Waals surface area contributed by atoms with Gasteiger partial charge >= 0.3 is 12.0 Å². The quantitative estimate of drug-likeness (QED) is 0.770. The third kappa shape index (κ3) is 4.90. The molecule has 5 heteroatoms. The Bertz CT molecular complexity index is 351. The summed E-state index contributed by atoms with van der Waals surface area (Å²) in [4.78, 5) is 25.7. The number of carbonyl (C=O) groups is 2. The van der Waals surface area contributed by atoms with Gasteiger partial charge < -0.3 is 15.3 Å². The molecule has 0 aromatic carbocycles. The Hall–Kier alpha value is -1.26. The van der Waals surface area contributed by atoms with E-state index in [1.807, 2.05) is 4.90 Å². The van der Waals surface area contributed by atoms with Crippen LogP contribution in [-0.4, -0.2) is 41.1 Å². The highest BCUT2D eigenvalue weighted by atomic mass is 16.4. The van der Waals surface area contributed by atoms with Gasteiger partial charge in [0, 0.05) is 19.1 Å². The molecule has 0 spiro atoms. The van der Waals surface area contributed by atoms with Crippen molar-refractivity contribution in [1.29, 1.82) is 0 Å². The lowest BCUT2D eigenvalue weighted by molar-refractivity contribution is -0.142. The van der Waals surface area contributed by atoms with Crippen molar-refractivity contribution in [3.05, 3.63) is 0 Å². The van der Waals surface area contributed by atoms with Crippen LogP contribution < -0.4 is 5.32 Å². The number of amides is 2. The van der Waals surface area contributed by atoms with E-state index in [2.05, 4.69) is 5.32 Å².